The molecule has 1 unspecified atom stereocenters. The van der Waals surface area contributed by atoms with Crippen LogP contribution in [0.4, 0.5) is 0 Å². The Balaban J connectivity index is 1.40. The summed E-state index contributed by atoms with van der Waals surface area (Å²) < 4.78 is 7.93. The Hall–Kier alpha value is -3.31. The smallest absolute Gasteiger partial charge is 0.234 e. The molecule has 0 radical (unpaired) electrons. The largest absolute Gasteiger partial charge is 0.455 e. The zero-order valence-corrected chi connectivity index (χ0v) is 18.5. The summed E-state index contributed by atoms with van der Waals surface area (Å²) in [5.74, 6) is 1.34. The zero-order valence-electron chi connectivity index (χ0n) is 17.7. The van der Waals surface area contributed by atoms with Gasteiger partial charge in [-0.15, -0.1) is 18.5 Å². The van der Waals surface area contributed by atoms with Crippen molar-refractivity contribution in [3.63, 3.8) is 0 Å². The van der Waals surface area contributed by atoms with E-state index in [-0.39, 0.29) is 5.92 Å². The van der Waals surface area contributed by atoms with Crippen LogP contribution in [0, 0.1) is 13.8 Å². The van der Waals surface area contributed by atoms with Crippen molar-refractivity contribution in [2.24, 2.45) is 0 Å². The lowest BCUT2D eigenvalue weighted by atomic mass is 9.92. The first-order valence-corrected chi connectivity index (χ1v) is 11.4. The summed E-state index contributed by atoms with van der Waals surface area (Å²) in [6.07, 6.45) is 4.97. The van der Waals surface area contributed by atoms with E-state index in [4.69, 9.17) is 9.51 Å². The van der Waals surface area contributed by atoms with Crippen LogP contribution in [0.1, 0.15) is 39.6 Å². The summed E-state index contributed by atoms with van der Waals surface area (Å²) in [6.45, 7) is 5.18. The van der Waals surface area contributed by atoms with Gasteiger partial charge in [0.1, 0.15) is 0 Å². The lowest BCUT2D eigenvalue weighted by Crippen LogP contribution is -2.05. The molecule has 0 saturated heterocycles. The first-order valence-electron chi connectivity index (χ1n) is 10.4. The van der Waals surface area contributed by atoms with Gasteiger partial charge in [-0.3, -0.25) is 0 Å². The molecule has 156 valence electrons. The standard InChI is InChI=1S/C26H24N3OS/c1-18-4-5-21(14-19(18)2)15-24(23-10-13-31-17-23)26-27-25(28-30-26)22-8-6-20(7-9-22)16-29-11-3-12-29/h3-14,17,24H,15-16H2,1-2H3/q-1. The van der Waals surface area contributed by atoms with Crippen LogP contribution >= 0.6 is 11.3 Å². The zero-order chi connectivity index (χ0) is 21.2. The van der Waals surface area contributed by atoms with Crippen molar-refractivity contribution < 1.29 is 4.52 Å². The predicted molar refractivity (Wildman–Crippen MR) is 125 cm³/mol. The monoisotopic (exact) mass is 426 g/mol. The van der Waals surface area contributed by atoms with E-state index in [2.05, 4.69) is 95.3 Å². The average molecular weight is 427 g/mol. The minimum Gasteiger partial charge on any atom is -0.455 e. The second-order valence-corrected chi connectivity index (χ2v) is 8.83. The molecule has 31 heavy (non-hydrogen) atoms. The number of hydrogen-bond acceptors (Lipinski definition) is 4. The molecule has 0 aliphatic rings. The quantitative estimate of drug-likeness (QED) is 0.285. The fraction of sp³-hybridized carbons (Fsp3) is 0.192. The molecule has 5 heteroatoms. The topological polar surface area (TPSA) is 43.9 Å². The molecule has 0 saturated carbocycles. The minimum atomic E-state index is 0.0441. The van der Waals surface area contributed by atoms with Gasteiger partial charge >= 0.3 is 0 Å². The lowest BCUT2D eigenvalue weighted by molar-refractivity contribution is 0.365. The van der Waals surface area contributed by atoms with Gasteiger partial charge in [-0.1, -0.05) is 47.6 Å². The Kier molecular flexibility index (Phi) is 5.35. The van der Waals surface area contributed by atoms with Crippen LogP contribution in [-0.2, 0) is 13.0 Å². The molecule has 2 aromatic carbocycles. The molecule has 0 aliphatic heterocycles. The van der Waals surface area contributed by atoms with Crippen molar-refractivity contribution in [3.8, 4) is 11.4 Å². The highest BCUT2D eigenvalue weighted by molar-refractivity contribution is 7.08. The van der Waals surface area contributed by atoms with Crippen molar-refractivity contribution in [1.82, 2.24) is 14.7 Å². The van der Waals surface area contributed by atoms with Crippen molar-refractivity contribution >= 4 is 11.3 Å². The van der Waals surface area contributed by atoms with Crippen molar-refractivity contribution in [2.45, 2.75) is 32.7 Å². The molecule has 0 spiro atoms. The molecular formula is C26H24N3OS-. The Labute approximate surface area is 186 Å². The van der Waals surface area contributed by atoms with Gasteiger partial charge < -0.3 is 9.09 Å². The van der Waals surface area contributed by atoms with Gasteiger partial charge in [0.25, 0.3) is 0 Å². The van der Waals surface area contributed by atoms with Crippen LogP contribution in [-0.4, -0.2) is 14.7 Å². The van der Waals surface area contributed by atoms with Crippen LogP contribution in [0.25, 0.3) is 11.4 Å². The minimum absolute atomic E-state index is 0.0441. The first-order chi connectivity index (χ1) is 15.2. The number of nitrogens with zero attached hydrogens (tertiary/aromatic N) is 3. The van der Waals surface area contributed by atoms with E-state index in [1.54, 1.807) is 11.3 Å². The Morgan fingerprint density at radius 1 is 1.03 bits per heavy atom. The molecule has 5 rings (SSSR count). The third-order valence-corrected chi connectivity index (χ3v) is 6.53. The maximum absolute atomic E-state index is 5.77. The van der Waals surface area contributed by atoms with Gasteiger partial charge in [-0.05, 0) is 64.9 Å². The highest BCUT2D eigenvalue weighted by Gasteiger charge is 2.23. The fourth-order valence-electron chi connectivity index (χ4n) is 3.76. The maximum atomic E-state index is 5.77. The molecule has 5 aromatic rings. The molecular weight excluding hydrogens is 402 g/mol. The van der Waals surface area contributed by atoms with E-state index in [0.717, 1.165) is 18.5 Å². The van der Waals surface area contributed by atoms with E-state index in [1.165, 1.54) is 27.8 Å². The summed E-state index contributed by atoms with van der Waals surface area (Å²) >= 11 is 1.69. The van der Waals surface area contributed by atoms with Crippen LogP contribution in [0.2, 0.25) is 0 Å². The molecule has 1 atom stereocenters. The van der Waals surface area contributed by atoms with Gasteiger partial charge in [0.2, 0.25) is 11.7 Å². The normalized spacial score (nSPS) is 12.3. The van der Waals surface area contributed by atoms with E-state index < -0.39 is 0 Å². The maximum Gasteiger partial charge on any atom is 0.234 e. The second kappa shape index (κ2) is 8.44. The van der Waals surface area contributed by atoms with Crippen molar-refractivity contribution in [1.29, 1.82) is 0 Å². The SMILES string of the molecule is Cc1ccc(CC(c2ccsc2)c2nc(-c3ccc(Cn4cc[cH-]4)cc3)no2)cc1C. The fourth-order valence-corrected chi connectivity index (χ4v) is 4.48. The molecule has 4 nitrogen and oxygen atoms in total. The molecule has 0 N–H and O–H groups in total. The van der Waals surface area contributed by atoms with E-state index in [1.807, 2.05) is 6.07 Å². The van der Waals surface area contributed by atoms with E-state index in [9.17, 15) is 0 Å². The highest BCUT2D eigenvalue weighted by atomic mass is 32.1. The number of rotatable bonds is 7. The van der Waals surface area contributed by atoms with Crippen LogP contribution in [0.5, 0.6) is 0 Å². The summed E-state index contributed by atoms with van der Waals surface area (Å²) in [4.78, 5) is 4.79. The van der Waals surface area contributed by atoms with Crippen molar-refractivity contribution in [3.05, 3.63) is 111 Å². The van der Waals surface area contributed by atoms with Gasteiger partial charge in [-0.25, -0.2) is 0 Å². The van der Waals surface area contributed by atoms with Crippen LogP contribution in [0.3, 0.4) is 0 Å². The summed E-state index contributed by atoms with van der Waals surface area (Å²) in [5, 5.41) is 8.57. The van der Waals surface area contributed by atoms with Gasteiger partial charge in [0.15, 0.2) is 0 Å². The third-order valence-electron chi connectivity index (χ3n) is 5.83. The van der Waals surface area contributed by atoms with Gasteiger partial charge in [0, 0.05) is 12.1 Å². The van der Waals surface area contributed by atoms with Gasteiger partial charge in [-0.2, -0.15) is 16.3 Å². The number of aromatic nitrogens is 3. The van der Waals surface area contributed by atoms with E-state index in [0.29, 0.717) is 11.7 Å². The predicted octanol–water partition coefficient (Wildman–Crippen LogP) is 6.36. The summed E-state index contributed by atoms with van der Waals surface area (Å²) in [6, 6.07) is 19.2. The number of hydrogen-bond donors (Lipinski definition) is 0. The second-order valence-electron chi connectivity index (χ2n) is 8.05. The van der Waals surface area contributed by atoms with Crippen LogP contribution in [0.15, 0.2) is 82.3 Å². The molecule has 3 aromatic heterocycles. The summed E-state index contributed by atoms with van der Waals surface area (Å²) in [5.41, 5.74) is 7.32. The molecule has 0 amide bonds. The lowest BCUT2D eigenvalue weighted by Gasteiger charge is -2.15. The number of aryl methyl sites for hydroxylation is 2. The van der Waals surface area contributed by atoms with Crippen LogP contribution < -0.4 is 0 Å². The molecule has 0 bridgehead atoms. The molecule has 0 fully saturated rings. The Morgan fingerprint density at radius 2 is 1.84 bits per heavy atom. The molecule has 0 aliphatic carbocycles. The average Bonchev–Trinajstić information content (AvgIpc) is 3.45. The third kappa shape index (κ3) is 4.28. The Morgan fingerprint density at radius 3 is 2.52 bits per heavy atom. The van der Waals surface area contributed by atoms with Crippen molar-refractivity contribution in [2.75, 3.05) is 0 Å². The Bertz CT molecular complexity index is 1250. The van der Waals surface area contributed by atoms with Gasteiger partial charge in [0.05, 0.1) is 5.92 Å². The molecule has 3 heterocycles. The number of benzene rings is 2. The summed E-state index contributed by atoms with van der Waals surface area (Å²) in [7, 11) is 0. The van der Waals surface area contributed by atoms with E-state index >= 15 is 0 Å². The first kappa shape index (κ1) is 19.6. The highest BCUT2D eigenvalue weighted by Crippen LogP contribution is 2.31. The number of thiophene rings is 1.